The Labute approximate surface area is 369 Å². The molecule has 0 aliphatic rings. The van der Waals surface area contributed by atoms with Gasteiger partial charge >= 0.3 is 0 Å². The van der Waals surface area contributed by atoms with E-state index in [0.717, 1.165) is 44.1 Å². The van der Waals surface area contributed by atoms with E-state index in [1.807, 2.05) is 24.5 Å². The van der Waals surface area contributed by atoms with Crippen LogP contribution in [0.2, 0.25) is 0 Å². The average molecular weight is 814 g/mol. The standard InChI is InChI=1S/C54H45B2N7/c1-53(2,50-25-11-13-31-57-50)38-17-15-23-42(33-38)55(40-19-7-5-8-20-40)44-27-29-46-47-30-28-45(36-49(47)63(48(46)35-44)52-61-59-37-60-62-52)56(41-21-9-6-10-22-41)43-24-16-18-39(34-43)54(3,4)51-26-12-14-32-58-51/h5-37H,1-4H3. The van der Waals surface area contributed by atoms with Gasteiger partial charge in [0.25, 0.3) is 5.95 Å². The Hall–Kier alpha value is -7.51. The molecule has 6 aromatic carbocycles. The van der Waals surface area contributed by atoms with Gasteiger partial charge in [0, 0.05) is 34.0 Å². The topological polar surface area (TPSA) is 82.3 Å². The Morgan fingerprint density at radius 1 is 0.397 bits per heavy atom. The zero-order chi connectivity index (χ0) is 43.0. The van der Waals surface area contributed by atoms with Crippen molar-refractivity contribution in [2.24, 2.45) is 0 Å². The fraction of sp³-hybridized carbons (Fsp3) is 0.111. The Bertz CT molecular complexity index is 2980. The average Bonchev–Trinajstić information content (AvgIpc) is 3.66. The number of nitrogens with zero attached hydrogens (tertiary/aromatic N) is 7. The zero-order valence-electron chi connectivity index (χ0n) is 35.8. The minimum Gasteiger partial charge on any atom is -0.275 e. The molecule has 0 amide bonds. The van der Waals surface area contributed by atoms with Crippen LogP contribution >= 0.6 is 0 Å². The molecule has 0 saturated carbocycles. The lowest BCUT2D eigenvalue weighted by atomic mass is 9.36. The summed E-state index contributed by atoms with van der Waals surface area (Å²) in [6, 6.07) is 65.4. The first-order valence-electron chi connectivity index (χ1n) is 21.5. The normalized spacial score (nSPS) is 11.8. The fourth-order valence-corrected chi connectivity index (χ4v) is 9.34. The van der Waals surface area contributed by atoms with Crippen molar-refractivity contribution in [2.45, 2.75) is 38.5 Å². The van der Waals surface area contributed by atoms with Crippen molar-refractivity contribution in [1.82, 2.24) is 34.9 Å². The second kappa shape index (κ2) is 16.4. The first-order valence-corrected chi connectivity index (χ1v) is 21.5. The van der Waals surface area contributed by atoms with E-state index in [-0.39, 0.29) is 24.3 Å². The summed E-state index contributed by atoms with van der Waals surface area (Å²) in [5, 5.41) is 19.8. The first kappa shape index (κ1) is 39.6. The third-order valence-corrected chi connectivity index (χ3v) is 12.8. The molecule has 0 unspecified atom stereocenters. The van der Waals surface area contributed by atoms with Crippen molar-refractivity contribution in [3.05, 3.63) is 223 Å². The Morgan fingerprint density at radius 2 is 0.810 bits per heavy atom. The highest BCUT2D eigenvalue weighted by molar-refractivity contribution is 6.96. The molecule has 0 bridgehead atoms. The minimum atomic E-state index is -0.300. The molecule has 10 rings (SSSR count). The summed E-state index contributed by atoms with van der Waals surface area (Å²) in [5.74, 6) is 0.414. The second-order valence-corrected chi connectivity index (χ2v) is 17.4. The third kappa shape index (κ3) is 7.39. The highest BCUT2D eigenvalue weighted by Crippen LogP contribution is 2.32. The third-order valence-electron chi connectivity index (χ3n) is 12.8. The van der Waals surface area contributed by atoms with Gasteiger partial charge in [0.1, 0.15) is 0 Å². The van der Waals surface area contributed by atoms with Crippen LogP contribution in [0, 0.1) is 0 Å². The van der Waals surface area contributed by atoms with E-state index in [1.165, 1.54) is 39.3 Å². The lowest BCUT2D eigenvalue weighted by Crippen LogP contribution is -2.52. The molecule has 0 fully saturated rings. The van der Waals surface area contributed by atoms with Gasteiger partial charge in [-0.1, -0.05) is 206 Å². The van der Waals surface area contributed by atoms with Crippen molar-refractivity contribution in [3.8, 4) is 5.95 Å². The maximum absolute atomic E-state index is 4.76. The zero-order valence-corrected chi connectivity index (χ0v) is 35.8. The first-order chi connectivity index (χ1) is 30.8. The SMILES string of the molecule is CC(C)(c1cccc(B(c2ccccc2)c2ccc3c4ccc(B(c5ccccc5)c5cccc(C(C)(C)c6ccccn6)c5)cc4n(-c4nncnn4)c3c2)c1)c1ccccn1. The fourth-order valence-electron chi connectivity index (χ4n) is 9.34. The Balaban J connectivity index is 1.15. The van der Waals surface area contributed by atoms with Crippen molar-refractivity contribution in [2.75, 3.05) is 0 Å². The number of fused-ring (bicyclic) bond motifs is 3. The summed E-state index contributed by atoms with van der Waals surface area (Å²) in [4.78, 5) is 9.52. The van der Waals surface area contributed by atoms with E-state index in [2.05, 4.69) is 223 Å². The number of pyridine rings is 2. The molecule has 0 radical (unpaired) electrons. The summed E-state index contributed by atoms with van der Waals surface area (Å²) in [6.07, 6.45) is 5.12. The summed E-state index contributed by atoms with van der Waals surface area (Å²) in [7, 11) is 0. The predicted octanol–water partition coefficient (Wildman–Crippen LogP) is 6.84. The van der Waals surface area contributed by atoms with E-state index in [0.29, 0.717) is 5.95 Å². The molecule has 4 heterocycles. The maximum Gasteiger partial charge on any atom is 0.273 e. The van der Waals surface area contributed by atoms with Crippen molar-refractivity contribution >= 4 is 68.0 Å². The molecular weight excluding hydrogens is 768 g/mol. The van der Waals surface area contributed by atoms with Crippen molar-refractivity contribution in [3.63, 3.8) is 0 Å². The lowest BCUT2D eigenvalue weighted by Gasteiger charge is -2.26. The van der Waals surface area contributed by atoms with Gasteiger partial charge in [-0.15, -0.1) is 20.4 Å². The van der Waals surface area contributed by atoms with E-state index in [9.17, 15) is 0 Å². The van der Waals surface area contributed by atoms with Gasteiger partial charge < -0.3 is 0 Å². The molecule has 0 atom stereocenters. The molecule has 0 aliphatic carbocycles. The molecule has 10 aromatic rings. The van der Waals surface area contributed by atoms with Gasteiger partial charge in [-0.05, 0) is 47.5 Å². The van der Waals surface area contributed by atoms with Gasteiger partial charge in [0.2, 0.25) is 13.4 Å². The number of rotatable bonds is 11. The van der Waals surface area contributed by atoms with E-state index < -0.39 is 0 Å². The largest absolute Gasteiger partial charge is 0.275 e. The van der Waals surface area contributed by atoms with Crippen LogP contribution in [-0.4, -0.2) is 48.4 Å². The molecule has 4 aromatic heterocycles. The Morgan fingerprint density at radius 3 is 1.24 bits per heavy atom. The van der Waals surface area contributed by atoms with E-state index >= 15 is 0 Å². The van der Waals surface area contributed by atoms with Crippen LogP contribution in [-0.2, 0) is 10.8 Å². The molecular formula is C54H45B2N7. The van der Waals surface area contributed by atoms with Crippen LogP contribution in [0.25, 0.3) is 27.8 Å². The highest BCUT2D eigenvalue weighted by atomic mass is 15.3. The van der Waals surface area contributed by atoms with Crippen LogP contribution in [0.1, 0.15) is 50.2 Å². The monoisotopic (exact) mass is 813 g/mol. The van der Waals surface area contributed by atoms with Crippen LogP contribution in [0.5, 0.6) is 0 Å². The number of hydrogen-bond donors (Lipinski definition) is 0. The van der Waals surface area contributed by atoms with Gasteiger partial charge in [-0.2, -0.15) is 0 Å². The molecule has 0 aliphatic heterocycles. The summed E-state index contributed by atoms with van der Waals surface area (Å²) < 4.78 is 2.13. The van der Waals surface area contributed by atoms with Crippen molar-refractivity contribution < 1.29 is 0 Å². The number of aromatic nitrogens is 7. The molecule has 0 spiro atoms. The summed E-state index contributed by atoms with van der Waals surface area (Å²) in [5.41, 5.74) is 12.9. The predicted molar refractivity (Wildman–Crippen MR) is 260 cm³/mol. The number of hydrogen-bond acceptors (Lipinski definition) is 6. The molecule has 302 valence electrons. The molecule has 0 N–H and O–H groups in total. The van der Waals surface area contributed by atoms with Gasteiger partial charge in [-0.25, -0.2) is 0 Å². The highest BCUT2D eigenvalue weighted by Gasteiger charge is 2.31. The molecule has 7 nitrogen and oxygen atoms in total. The van der Waals surface area contributed by atoms with Crippen LogP contribution in [0.15, 0.2) is 201 Å². The van der Waals surface area contributed by atoms with Crippen LogP contribution in [0.3, 0.4) is 0 Å². The van der Waals surface area contributed by atoms with Crippen molar-refractivity contribution in [1.29, 1.82) is 0 Å². The second-order valence-electron chi connectivity index (χ2n) is 17.4. The summed E-state index contributed by atoms with van der Waals surface area (Å²) in [6.45, 7) is 8.86. The van der Waals surface area contributed by atoms with Crippen LogP contribution in [0.4, 0.5) is 0 Å². The van der Waals surface area contributed by atoms with Crippen LogP contribution < -0.4 is 32.8 Å². The molecule has 0 saturated heterocycles. The molecule has 63 heavy (non-hydrogen) atoms. The van der Waals surface area contributed by atoms with Gasteiger partial charge in [-0.3, -0.25) is 14.5 Å². The van der Waals surface area contributed by atoms with Gasteiger partial charge in [0.05, 0.1) is 22.4 Å². The van der Waals surface area contributed by atoms with E-state index in [1.54, 1.807) is 0 Å². The quantitative estimate of drug-likeness (QED) is 0.133. The lowest BCUT2D eigenvalue weighted by molar-refractivity contribution is 0.617. The van der Waals surface area contributed by atoms with E-state index in [4.69, 9.17) is 9.97 Å². The smallest absolute Gasteiger partial charge is 0.273 e. The summed E-state index contributed by atoms with van der Waals surface area (Å²) >= 11 is 0. The Kier molecular flexibility index (Phi) is 10.3. The molecule has 9 heteroatoms. The minimum absolute atomic E-state index is 0.0601. The number of benzene rings is 6. The van der Waals surface area contributed by atoms with Gasteiger partial charge in [0.15, 0.2) is 6.33 Å². The maximum atomic E-state index is 4.76.